The Balaban J connectivity index is 2.42. The average Bonchev–Trinajstić information content (AvgIpc) is 2.72. The van der Waals surface area contributed by atoms with E-state index in [0.717, 1.165) is 4.57 Å². The van der Waals surface area contributed by atoms with Crippen molar-refractivity contribution in [2.45, 2.75) is 31.7 Å². The van der Waals surface area contributed by atoms with Gasteiger partial charge >= 0.3 is 5.69 Å². The van der Waals surface area contributed by atoms with E-state index in [-0.39, 0.29) is 18.2 Å². The van der Waals surface area contributed by atoms with E-state index in [1.165, 1.54) is 17.8 Å². The molecule has 7 heteroatoms. The van der Waals surface area contributed by atoms with Crippen LogP contribution in [0.2, 0.25) is 0 Å². The fourth-order valence-corrected chi connectivity index (χ4v) is 2.15. The summed E-state index contributed by atoms with van der Waals surface area (Å²) in [4.78, 5) is 23.6. The summed E-state index contributed by atoms with van der Waals surface area (Å²) in [5.41, 5.74) is 5.50. The van der Waals surface area contributed by atoms with Crippen molar-refractivity contribution in [3.8, 4) is 0 Å². The molecule has 1 aliphatic heterocycles. The topological polar surface area (TPSA) is 99.5 Å². The summed E-state index contributed by atoms with van der Waals surface area (Å²) in [7, 11) is 1.42. The van der Waals surface area contributed by atoms with Gasteiger partial charge in [0.25, 0.3) is 5.56 Å². The standard InChI is InChI=1S/C11H17N3O4/c1-6-4-14(11(17)13(2)10(6)16)9-3-7(12)8(5-15)18-9/h4,7-9,15H,3,5,12H2,1-2H3/t7-,8?,9-/m1/s1. The van der Waals surface area contributed by atoms with E-state index in [2.05, 4.69) is 0 Å². The highest BCUT2D eigenvalue weighted by Gasteiger charge is 2.34. The molecule has 1 unspecified atom stereocenters. The Morgan fingerprint density at radius 3 is 2.78 bits per heavy atom. The molecule has 1 aliphatic rings. The lowest BCUT2D eigenvalue weighted by Gasteiger charge is -2.16. The van der Waals surface area contributed by atoms with E-state index in [9.17, 15) is 9.59 Å². The van der Waals surface area contributed by atoms with Crippen LogP contribution in [0.25, 0.3) is 0 Å². The fraction of sp³-hybridized carbons (Fsp3) is 0.636. The van der Waals surface area contributed by atoms with E-state index < -0.39 is 18.0 Å². The third-order valence-electron chi connectivity index (χ3n) is 3.26. The van der Waals surface area contributed by atoms with E-state index in [4.69, 9.17) is 15.6 Å². The maximum Gasteiger partial charge on any atom is 0.332 e. The number of nitrogens with zero attached hydrogens (tertiary/aromatic N) is 2. The normalized spacial score (nSPS) is 27.7. The molecule has 18 heavy (non-hydrogen) atoms. The average molecular weight is 255 g/mol. The first kappa shape index (κ1) is 13.0. The summed E-state index contributed by atoms with van der Waals surface area (Å²) in [6, 6.07) is -0.315. The third kappa shape index (κ3) is 2.00. The summed E-state index contributed by atoms with van der Waals surface area (Å²) < 4.78 is 7.90. The maximum absolute atomic E-state index is 12.0. The fourth-order valence-electron chi connectivity index (χ4n) is 2.15. The van der Waals surface area contributed by atoms with E-state index in [1.54, 1.807) is 6.92 Å². The highest BCUT2D eigenvalue weighted by atomic mass is 16.5. The predicted octanol–water partition coefficient (Wildman–Crippen LogP) is -1.54. The summed E-state index contributed by atoms with van der Waals surface area (Å²) in [6.45, 7) is 1.45. The first-order valence-corrected chi connectivity index (χ1v) is 5.76. The first-order chi connectivity index (χ1) is 8.45. The zero-order valence-corrected chi connectivity index (χ0v) is 10.4. The molecule has 1 saturated heterocycles. The van der Waals surface area contributed by atoms with Gasteiger partial charge < -0.3 is 15.6 Å². The molecule has 3 N–H and O–H groups in total. The van der Waals surface area contributed by atoms with Crippen LogP contribution in [0.1, 0.15) is 18.2 Å². The van der Waals surface area contributed by atoms with Gasteiger partial charge in [0, 0.05) is 31.3 Å². The lowest BCUT2D eigenvalue weighted by Crippen LogP contribution is -2.40. The zero-order valence-electron chi connectivity index (χ0n) is 10.4. The number of hydrogen-bond donors (Lipinski definition) is 2. The Labute approximate surface area is 103 Å². The van der Waals surface area contributed by atoms with Crippen molar-refractivity contribution in [1.82, 2.24) is 9.13 Å². The number of ether oxygens (including phenoxy) is 1. The number of nitrogens with two attached hydrogens (primary N) is 1. The molecule has 7 nitrogen and oxygen atoms in total. The van der Waals surface area contributed by atoms with Gasteiger partial charge in [0.1, 0.15) is 6.23 Å². The van der Waals surface area contributed by atoms with Gasteiger partial charge in [0.2, 0.25) is 0 Å². The number of rotatable bonds is 2. The zero-order chi connectivity index (χ0) is 13.4. The van der Waals surface area contributed by atoms with Gasteiger partial charge in [-0.05, 0) is 6.92 Å². The Hall–Kier alpha value is -1.44. The van der Waals surface area contributed by atoms with Crippen molar-refractivity contribution in [2.24, 2.45) is 12.8 Å². The number of aryl methyl sites for hydroxylation is 1. The molecule has 2 rings (SSSR count). The van der Waals surface area contributed by atoms with E-state index in [0.29, 0.717) is 12.0 Å². The summed E-state index contributed by atoms with van der Waals surface area (Å²) in [6.07, 6.45) is 0.902. The highest BCUT2D eigenvalue weighted by molar-refractivity contribution is 5.03. The van der Waals surface area contributed by atoms with Crippen molar-refractivity contribution in [3.63, 3.8) is 0 Å². The number of aromatic nitrogens is 2. The molecule has 100 valence electrons. The van der Waals surface area contributed by atoms with Gasteiger partial charge in [-0.2, -0.15) is 0 Å². The molecule has 0 spiro atoms. The Kier molecular flexibility index (Phi) is 3.38. The number of aliphatic hydroxyl groups is 1. The molecular formula is C11H17N3O4. The van der Waals surface area contributed by atoms with Gasteiger partial charge in [0.05, 0.1) is 12.7 Å². The van der Waals surface area contributed by atoms with Gasteiger partial charge in [-0.1, -0.05) is 0 Å². The molecule has 0 saturated carbocycles. The molecule has 1 fully saturated rings. The largest absolute Gasteiger partial charge is 0.394 e. The van der Waals surface area contributed by atoms with Crippen molar-refractivity contribution in [2.75, 3.05) is 6.61 Å². The summed E-state index contributed by atoms with van der Waals surface area (Å²) in [5, 5.41) is 9.08. The van der Waals surface area contributed by atoms with Crippen LogP contribution in [-0.4, -0.2) is 33.0 Å². The van der Waals surface area contributed by atoms with Crippen LogP contribution in [0, 0.1) is 6.92 Å². The van der Waals surface area contributed by atoms with Crippen LogP contribution in [0.3, 0.4) is 0 Å². The minimum atomic E-state index is -0.532. The van der Waals surface area contributed by atoms with Crippen molar-refractivity contribution >= 4 is 0 Å². The van der Waals surface area contributed by atoms with Crippen LogP contribution < -0.4 is 17.0 Å². The Morgan fingerprint density at radius 1 is 1.56 bits per heavy atom. The molecule has 1 aromatic rings. The lowest BCUT2D eigenvalue weighted by atomic mass is 10.1. The Morgan fingerprint density at radius 2 is 2.22 bits per heavy atom. The molecule has 3 atom stereocenters. The smallest absolute Gasteiger partial charge is 0.332 e. The predicted molar refractivity (Wildman–Crippen MR) is 64.3 cm³/mol. The highest BCUT2D eigenvalue weighted by Crippen LogP contribution is 2.25. The molecule has 0 bridgehead atoms. The SMILES string of the molecule is Cc1cn([C@H]2C[C@@H](N)C(CO)O2)c(=O)n(C)c1=O. The molecule has 0 amide bonds. The third-order valence-corrected chi connectivity index (χ3v) is 3.26. The monoisotopic (exact) mass is 255 g/mol. The van der Waals surface area contributed by atoms with E-state index >= 15 is 0 Å². The second-order valence-electron chi connectivity index (χ2n) is 4.58. The molecule has 2 heterocycles. The quantitative estimate of drug-likeness (QED) is 0.667. The van der Waals surface area contributed by atoms with Crippen molar-refractivity contribution in [1.29, 1.82) is 0 Å². The number of aliphatic hydroxyl groups excluding tert-OH is 1. The molecule has 1 aromatic heterocycles. The number of hydrogen-bond acceptors (Lipinski definition) is 5. The van der Waals surface area contributed by atoms with Gasteiger partial charge in [-0.3, -0.25) is 13.9 Å². The minimum absolute atomic E-state index is 0.183. The van der Waals surface area contributed by atoms with Gasteiger partial charge in [-0.25, -0.2) is 4.79 Å². The second-order valence-corrected chi connectivity index (χ2v) is 4.58. The van der Waals surface area contributed by atoms with Crippen molar-refractivity contribution in [3.05, 3.63) is 32.6 Å². The van der Waals surface area contributed by atoms with Gasteiger partial charge in [0.15, 0.2) is 0 Å². The van der Waals surface area contributed by atoms with Gasteiger partial charge in [-0.15, -0.1) is 0 Å². The first-order valence-electron chi connectivity index (χ1n) is 5.76. The van der Waals surface area contributed by atoms with E-state index in [1.807, 2.05) is 0 Å². The lowest BCUT2D eigenvalue weighted by molar-refractivity contribution is -0.0276. The van der Waals surface area contributed by atoms with Crippen LogP contribution in [-0.2, 0) is 11.8 Å². The molecule has 0 radical (unpaired) electrons. The van der Waals surface area contributed by atoms with Crippen LogP contribution in [0.15, 0.2) is 15.8 Å². The van der Waals surface area contributed by atoms with Crippen LogP contribution in [0.4, 0.5) is 0 Å². The second kappa shape index (κ2) is 4.68. The van der Waals surface area contributed by atoms with Crippen LogP contribution in [0.5, 0.6) is 0 Å². The maximum atomic E-state index is 12.0. The summed E-state index contributed by atoms with van der Waals surface area (Å²) in [5.74, 6) is 0. The Bertz CT molecular complexity index is 562. The molecule has 0 aromatic carbocycles. The summed E-state index contributed by atoms with van der Waals surface area (Å²) >= 11 is 0. The van der Waals surface area contributed by atoms with Crippen molar-refractivity contribution < 1.29 is 9.84 Å². The van der Waals surface area contributed by atoms with Crippen LogP contribution >= 0.6 is 0 Å². The molecule has 0 aliphatic carbocycles. The minimum Gasteiger partial charge on any atom is -0.394 e. The molecular weight excluding hydrogens is 238 g/mol.